The van der Waals surface area contributed by atoms with Gasteiger partial charge in [0.05, 0.1) is 5.25 Å². The van der Waals surface area contributed by atoms with Crippen molar-refractivity contribution in [2.24, 2.45) is 17.8 Å². The number of hydrogen-bond acceptors (Lipinski definition) is 4. The van der Waals surface area contributed by atoms with Crippen LogP contribution >= 0.6 is 12.4 Å². The molecule has 3 fully saturated rings. The second kappa shape index (κ2) is 9.24. The highest BCUT2D eigenvalue weighted by molar-refractivity contribution is 7.93. The Bertz CT molecular complexity index is 561. The fourth-order valence-corrected chi connectivity index (χ4v) is 7.62. The number of fused-ring (bicyclic) bond motifs is 1. The average molecular weight is 407 g/mol. The first-order valence-electron chi connectivity index (χ1n) is 10.1. The second-order valence-electron chi connectivity index (χ2n) is 8.59. The van der Waals surface area contributed by atoms with Crippen molar-refractivity contribution < 1.29 is 13.2 Å². The SMILES string of the molecule is CC(C)C(C(=O)N1CC[C@@H]2CNC[C@@H]2CC1)S(=O)(=O)C1CCCCC1.Cl. The Morgan fingerprint density at radius 2 is 1.50 bits per heavy atom. The minimum atomic E-state index is -3.41. The van der Waals surface area contributed by atoms with Gasteiger partial charge in [0.15, 0.2) is 9.84 Å². The van der Waals surface area contributed by atoms with Gasteiger partial charge in [-0.1, -0.05) is 33.1 Å². The van der Waals surface area contributed by atoms with E-state index in [1.165, 1.54) is 0 Å². The molecular formula is C19H35ClN2O3S. The normalized spacial score (nSPS) is 29.0. The van der Waals surface area contributed by atoms with E-state index in [0.717, 1.165) is 58.0 Å². The summed E-state index contributed by atoms with van der Waals surface area (Å²) < 4.78 is 26.5. The fraction of sp³-hybridized carbons (Fsp3) is 0.947. The van der Waals surface area contributed by atoms with Crippen molar-refractivity contribution in [3.8, 4) is 0 Å². The van der Waals surface area contributed by atoms with Gasteiger partial charge in [0.1, 0.15) is 5.25 Å². The van der Waals surface area contributed by atoms with E-state index in [2.05, 4.69) is 5.32 Å². The number of carbonyl (C=O) groups excluding carboxylic acids is 1. The summed E-state index contributed by atoms with van der Waals surface area (Å²) in [5.74, 6) is 0.993. The van der Waals surface area contributed by atoms with Gasteiger partial charge in [0, 0.05) is 13.1 Å². The van der Waals surface area contributed by atoms with E-state index in [9.17, 15) is 13.2 Å². The number of likely N-dealkylation sites (tertiary alicyclic amines) is 1. The van der Waals surface area contributed by atoms with Crippen LogP contribution in [0.2, 0.25) is 0 Å². The zero-order chi connectivity index (χ0) is 18.0. The molecular weight excluding hydrogens is 372 g/mol. The topological polar surface area (TPSA) is 66.5 Å². The van der Waals surface area contributed by atoms with Gasteiger partial charge in [-0.05, 0) is 56.5 Å². The van der Waals surface area contributed by atoms with Crippen LogP contribution in [0.15, 0.2) is 0 Å². The van der Waals surface area contributed by atoms with Crippen molar-refractivity contribution in [3.63, 3.8) is 0 Å². The van der Waals surface area contributed by atoms with Crippen molar-refractivity contribution >= 4 is 28.2 Å². The summed E-state index contributed by atoms with van der Waals surface area (Å²) in [6.45, 7) is 7.29. The van der Waals surface area contributed by atoms with E-state index in [-0.39, 0.29) is 29.5 Å². The van der Waals surface area contributed by atoms with Crippen molar-refractivity contribution in [2.45, 2.75) is 69.3 Å². The van der Waals surface area contributed by atoms with Crippen LogP contribution in [0, 0.1) is 17.8 Å². The van der Waals surface area contributed by atoms with Gasteiger partial charge in [-0.3, -0.25) is 4.79 Å². The first kappa shape index (κ1) is 22.0. The lowest BCUT2D eigenvalue weighted by Gasteiger charge is -2.32. The van der Waals surface area contributed by atoms with Crippen LogP contribution in [-0.4, -0.2) is 55.9 Å². The molecule has 0 bridgehead atoms. The van der Waals surface area contributed by atoms with Gasteiger partial charge < -0.3 is 10.2 Å². The summed E-state index contributed by atoms with van der Waals surface area (Å²) >= 11 is 0. The number of rotatable bonds is 4. The number of hydrogen-bond donors (Lipinski definition) is 1. The van der Waals surface area contributed by atoms with Crippen LogP contribution in [0.25, 0.3) is 0 Å². The van der Waals surface area contributed by atoms with Crippen molar-refractivity contribution in [1.29, 1.82) is 0 Å². The molecule has 0 aromatic rings. The van der Waals surface area contributed by atoms with Crippen LogP contribution in [-0.2, 0) is 14.6 Å². The number of carbonyl (C=O) groups is 1. The van der Waals surface area contributed by atoms with Crippen molar-refractivity contribution in [2.75, 3.05) is 26.2 Å². The van der Waals surface area contributed by atoms with Crippen LogP contribution in [0.4, 0.5) is 0 Å². The molecule has 2 saturated heterocycles. The lowest BCUT2D eigenvalue weighted by atomic mass is 9.92. The number of sulfone groups is 1. The number of halogens is 1. The summed E-state index contributed by atoms with van der Waals surface area (Å²) in [6, 6.07) is 0. The molecule has 2 aliphatic heterocycles. The molecule has 1 aliphatic carbocycles. The summed E-state index contributed by atoms with van der Waals surface area (Å²) in [7, 11) is -3.41. The molecule has 1 unspecified atom stereocenters. The minimum Gasteiger partial charge on any atom is -0.342 e. The molecule has 5 nitrogen and oxygen atoms in total. The third-order valence-corrected chi connectivity index (χ3v) is 9.41. The molecule has 0 aromatic heterocycles. The molecule has 3 atom stereocenters. The average Bonchev–Trinajstić information content (AvgIpc) is 2.93. The molecule has 1 N–H and O–H groups in total. The Morgan fingerprint density at radius 1 is 0.962 bits per heavy atom. The van der Waals surface area contributed by atoms with E-state index in [1.807, 2.05) is 18.7 Å². The monoisotopic (exact) mass is 406 g/mol. The van der Waals surface area contributed by atoms with Gasteiger partial charge in [0.25, 0.3) is 0 Å². The largest absolute Gasteiger partial charge is 0.342 e. The number of nitrogens with zero attached hydrogens (tertiary/aromatic N) is 1. The molecule has 3 rings (SSSR count). The number of amides is 1. The Morgan fingerprint density at radius 3 is 2.00 bits per heavy atom. The van der Waals surface area contributed by atoms with E-state index in [1.54, 1.807) is 0 Å². The van der Waals surface area contributed by atoms with Crippen LogP contribution in [0.5, 0.6) is 0 Å². The van der Waals surface area contributed by atoms with E-state index < -0.39 is 15.1 Å². The van der Waals surface area contributed by atoms with E-state index in [4.69, 9.17) is 0 Å². The lowest BCUT2D eigenvalue weighted by Crippen LogP contribution is -2.49. The van der Waals surface area contributed by atoms with E-state index in [0.29, 0.717) is 24.9 Å². The lowest BCUT2D eigenvalue weighted by molar-refractivity contribution is -0.131. The fourth-order valence-electron chi connectivity index (χ4n) is 5.02. The van der Waals surface area contributed by atoms with Crippen LogP contribution < -0.4 is 5.32 Å². The molecule has 0 radical (unpaired) electrons. The summed E-state index contributed by atoms with van der Waals surface area (Å²) in [4.78, 5) is 15.1. The summed E-state index contributed by atoms with van der Waals surface area (Å²) in [6.07, 6.45) is 6.53. The third kappa shape index (κ3) is 4.56. The molecule has 152 valence electrons. The molecule has 3 aliphatic rings. The molecule has 0 spiro atoms. The maximum Gasteiger partial charge on any atom is 0.241 e. The highest BCUT2D eigenvalue weighted by Crippen LogP contribution is 2.32. The van der Waals surface area contributed by atoms with Crippen LogP contribution in [0.1, 0.15) is 58.8 Å². The summed E-state index contributed by atoms with van der Waals surface area (Å²) in [5.41, 5.74) is 0. The minimum absolute atomic E-state index is 0. The zero-order valence-corrected chi connectivity index (χ0v) is 17.8. The highest BCUT2D eigenvalue weighted by Gasteiger charge is 2.43. The predicted octanol–water partition coefficient (Wildman–Crippen LogP) is 2.64. The molecule has 2 heterocycles. The van der Waals surface area contributed by atoms with Gasteiger partial charge in [-0.25, -0.2) is 8.42 Å². The Kier molecular flexibility index (Phi) is 7.81. The first-order valence-corrected chi connectivity index (χ1v) is 11.7. The summed E-state index contributed by atoms with van der Waals surface area (Å²) in [5, 5.41) is 2.28. The third-order valence-electron chi connectivity index (χ3n) is 6.55. The zero-order valence-electron chi connectivity index (χ0n) is 16.2. The smallest absolute Gasteiger partial charge is 0.241 e. The van der Waals surface area contributed by atoms with Crippen molar-refractivity contribution in [1.82, 2.24) is 10.2 Å². The highest BCUT2D eigenvalue weighted by atomic mass is 35.5. The first-order chi connectivity index (χ1) is 11.9. The molecule has 0 aromatic carbocycles. The van der Waals surface area contributed by atoms with Gasteiger partial charge >= 0.3 is 0 Å². The van der Waals surface area contributed by atoms with Gasteiger partial charge in [-0.2, -0.15) is 0 Å². The van der Waals surface area contributed by atoms with Crippen molar-refractivity contribution in [3.05, 3.63) is 0 Å². The Hall–Kier alpha value is -0.330. The molecule has 7 heteroatoms. The Labute approximate surface area is 165 Å². The van der Waals surface area contributed by atoms with Gasteiger partial charge in [0.2, 0.25) is 5.91 Å². The second-order valence-corrected chi connectivity index (χ2v) is 10.9. The maximum atomic E-state index is 13.2. The Balaban J connectivity index is 0.00000243. The standard InChI is InChI=1S/C19H34N2O3S.ClH/c1-14(2)18(25(23,24)17-6-4-3-5-7-17)19(22)21-10-8-15-12-20-13-16(15)9-11-21;/h14-18,20H,3-13H2,1-2H3;1H/t15-,16+,18?;. The van der Waals surface area contributed by atoms with E-state index >= 15 is 0 Å². The molecule has 1 saturated carbocycles. The maximum absolute atomic E-state index is 13.2. The predicted molar refractivity (Wildman–Crippen MR) is 107 cm³/mol. The quantitative estimate of drug-likeness (QED) is 0.779. The van der Waals surface area contributed by atoms with Crippen LogP contribution in [0.3, 0.4) is 0 Å². The molecule has 26 heavy (non-hydrogen) atoms. The molecule has 1 amide bonds. The van der Waals surface area contributed by atoms with Gasteiger partial charge in [-0.15, -0.1) is 12.4 Å². The number of nitrogens with one attached hydrogen (secondary N) is 1.